The second-order valence-corrected chi connectivity index (χ2v) is 5.94. The van der Waals surface area contributed by atoms with Gasteiger partial charge >= 0.3 is 0 Å². The number of carbonyl (C=O) groups excluding carboxylic acids is 1. The summed E-state index contributed by atoms with van der Waals surface area (Å²) in [4.78, 5) is 16.4. The Morgan fingerprint density at radius 3 is 2.72 bits per heavy atom. The molecule has 3 rings (SSSR count). The first-order valence-corrected chi connectivity index (χ1v) is 8.04. The zero-order valence-corrected chi connectivity index (χ0v) is 14.2. The molecule has 7 heteroatoms. The van der Waals surface area contributed by atoms with Crippen LogP contribution in [0.1, 0.15) is 34.7 Å². The van der Waals surface area contributed by atoms with Gasteiger partial charge in [-0.1, -0.05) is 35.0 Å². The quantitative estimate of drug-likeness (QED) is 0.730. The van der Waals surface area contributed by atoms with E-state index in [1.165, 1.54) is 0 Å². The van der Waals surface area contributed by atoms with Gasteiger partial charge in [0.25, 0.3) is 5.91 Å². The van der Waals surface area contributed by atoms with Gasteiger partial charge in [0.1, 0.15) is 5.69 Å². The number of aliphatic hydroxyl groups excluding tert-OH is 1. The molecular formula is C18H16ClN3O3. The van der Waals surface area contributed by atoms with Gasteiger partial charge in [0, 0.05) is 29.5 Å². The van der Waals surface area contributed by atoms with Crippen LogP contribution >= 0.6 is 11.6 Å². The number of hydrogen-bond acceptors (Lipinski definition) is 5. The van der Waals surface area contributed by atoms with Gasteiger partial charge in [-0.05, 0) is 30.7 Å². The highest BCUT2D eigenvalue weighted by Crippen LogP contribution is 2.31. The van der Waals surface area contributed by atoms with Crippen LogP contribution in [-0.2, 0) is 6.54 Å². The van der Waals surface area contributed by atoms with Crippen molar-refractivity contribution in [2.45, 2.75) is 19.6 Å². The molecule has 0 radical (unpaired) electrons. The standard InChI is InChI=1S/C18H16ClN3O3/c1-11(23)15-16(13-4-6-14(19)7-5-13)22-25-17(15)18(24)21-10-12-3-2-8-20-9-12/h2-9,11,23H,10H2,1H3,(H,21,24)/t11-/m0/s1. The molecule has 128 valence electrons. The summed E-state index contributed by atoms with van der Waals surface area (Å²) in [6.07, 6.45) is 2.40. The highest BCUT2D eigenvalue weighted by Gasteiger charge is 2.26. The van der Waals surface area contributed by atoms with Crippen LogP contribution in [0, 0.1) is 0 Å². The first-order valence-electron chi connectivity index (χ1n) is 7.67. The van der Waals surface area contributed by atoms with Crippen LogP contribution in [0.4, 0.5) is 0 Å². The molecule has 0 unspecified atom stereocenters. The summed E-state index contributed by atoms with van der Waals surface area (Å²) in [5.41, 5.74) is 2.31. The molecule has 1 atom stereocenters. The van der Waals surface area contributed by atoms with E-state index in [4.69, 9.17) is 16.1 Å². The summed E-state index contributed by atoms with van der Waals surface area (Å²) in [6, 6.07) is 10.6. The van der Waals surface area contributed by atoms with E-state index in [9.17, 15) is 9.90 Å². The number of carbonyl (C=O) groups is 1. The summed E-state index contributed by atoms with van der Waals surface area (Å²) >= 11 is 5.89. The van der Waals surface area contributed by atoms with Crippen LogP contribution in [-0.4, -0.2) is 21.2 Å². The number of rotatable bonds is 5. The molecule has 6 nitrogen and oxygen atoms in total. The normalized spacial score (nSPS) is 12.0. The maximum Gasteiger partial charge on any atom is 0.290 e. The number of amides is 1. The fourth-order valence-electron chi connectivity index (χ4n) is 2.43. The SMILES string of the molecule is C[C@H](O)c1c(-c2ccc(Cl)cc2)noc1C(=O)NCc1cccnc1. The van der Waals surface area contributed by atoms with E-state index in [1.54, 1.807) is 49.6 Å². The number of nitrogens with one attached hydrogen (secondary N) is 1. The zero-order valence-electron chi connectivity index (χ0n) is 13.4. The number of benzene rings is 1. The highest BCUT2D eigenvalue weighted by molar-refractivity contribution is 6.30. The lowest BCUT2D eigenvalue weighted by Crippen LogP contribution is -2.23. The van der Waals surface area contributed by atoms with Crippen molar-refractivity contribution >= 4 is 17.5 Å². The van der Waals surface area contributed by atoms with E-state index in [0.29, 0.717) is 28.4 Å². The molecule has 0 aliphatic heterocycles. The minimum absolute atomic E-state index is 0.0103. The summed E-state index contributed by atoms with van der Waals surface area (Å²) in [5, 5.41) is 17.4. The number of halogens is 1. The number of aromatic nitrogens is 2. The van der Waals surface area contributed by atoms with E-state index in [1.807, 2.05) is 6.07 Å². The average molecular weight is 358 g/mol. The van der Waals surface area contributed by atoms with Crippen molar-refractivity contribution in [1.82, 2.24) is 15.5 Å². The molecule has 0 saturated heterocycles. The van der Waals surface area contributed by atoms with Crippen LogP contribution in [0.5, 0.6) is 0 Å². The van der Waals surface area contributed by atoms with Crippen molar-refractivity contribution < 1.29 is 14.4 Å². The van der Waals surface area contributed by atoms with Crippen LogP contribution in [0.15, 0.2) is 53.3 Å². The maximum absolute atomic E-state index is 12.4. The van der Waals surface area contributed by atoms with Crippen LogP contribution < -0.4 is 5.32 Å². The molecule has 25 heavy (non-hydrogen) atoms. The van der Waals surface area contributed by atoms with Crippen molar-refractivity contribution in [2.24, 2.45) is 0 Å². The van der Waals surface area contributed by atoms with Crippen molar-refractivity contribution in [3.05, 3.63) is 70.7 Å². The molecule has 0 spiro atoms. The topological polar surface area (TPSA) is 88.2 Å². The van der Waals surface area contributed by atoms with E-state index in [2.05, 4.69) is 15.5 Å². The lowest BCUT2D eigenvalue weighted by Gasteiger charge is -2.08. The smallest absolute Gasteiger partial charge is 0.290 e. The molecule has 0 bridgehead atoms. The predicted octanol–water partition coefficient (Wildman–Crippen LogP) is 3.37. The number of hydrogen-bond donors (Lipinski definition) is 2. The summed E-state index contributed by atoms with van der Waals surface area (Å²) in [6.45, 7) is 1.85. The fraction of sp³-hybridized carbons (Fsp3) is 0.167. The van der Waals surface area contributed by atoms with Crippen molar-refractivity contribution in [1.29, 1.82) is 0 Å². The van der Waals surface area contributed by atoms with E-state index >= 15 is 0 Å². The molecule has 2 N–H and O–H groups in total. The first kappa shape index (κ1) is 17.1. The Balaban J connectivity index is 1.86. The third-order valence-corrected chi connectivity index (χ3v) is 3.90. The zero-order chi connectivity index (χ0) is 17.8. The van der Waals surface area contributed by atoms with Crippen LogP contribution in [0.25, 0.3) is 11.3 Å². The Morgan fingerprint density at radius 1 is 1.32 bits per heavy atom. The summed E-state index contributed by atoms with van der Waals surface area (Å²) in [7, 11) is 0. The molecule has 3 aromatic rings. The Kier molecular flexibility index (Phi) is 5.11. The molecule has 1 aromatic carbocycles. The Labute approximate surface area is 149 Å². The largest absolute Gasteiger partial charge is 0.388 e. The summed E-state index contributed by atoms with van der Waals surface area (Å²) < 4.78 is 5.22. The van der Waals surface area contributed by atoms with Crippen LogP contribution in [0.3, 0.4) is 0 Å². The van der Waals surface area contributed by atoms with Gasteiger partial charge in [0.05, 0.1) is 11.7 Å². The van der Waals surface area contributed by atoms with Gasteiger partial charge in [0.15, 0.2) is 0 Å². The molecule has 2 heterocycles. The van der Waals surface area contributed by atoms with Gasteiger partial charge < -0.3 is 14.9 Å². The maximum atomic E-state index is 12.4. The molecule has 0 aliphatic rings. The van der Waals surface area contributed by atoms with Crippen LogP contribution in [0.2, 0.25) is 5.02 Å². The molecule has 2 aromatic heterocycles. The third kappa shape index (κ3) is 3.87. The van der Waals surface area contributed by atoms with Gasteiger partial charge in [0.2, 0.25) is 5.76 Å². The Bertz CT molecular complexity index is 861. The minimum atomic E-state index is -0.920. The number of aliphatic hydroxyl groups is 1. The lowest BCUT2D eigenvalue weighted by atomic mass is 10.0. The van der Waals surface area contributed by atoms with Crippen molar-refractivity contribution in [3.8, 4) is 11.3 Å². The number of nitrogens with zero attached hydrogens (tertiary/aromatic N) is 2. The van der Waals surface area contributed by atoms with E-state index < -0.39 is 12.0 Å². The average Bonchev–Trinajstić information content (AvgIpc) is 3.06. The highest BCUT2D eigenvalue weighted by atomic mass is 35.5. The second kappa shape index (κ2) is 7.46. The van der Waals surface area contributed by atoms with Gasteiger partial charge in [-0.25, -0.2) is 0 Å². The molecular weight excluding hydrogens is 342 g/mol. The van der Waals surface area contributed by atoms with Gasteiger partial charge in [-0.15, -0.1) is 0 Å². The minimum Gasteiger partial charge on any atom is -0.388 e. The molecule has 0 saturated carbocycles. The molecule has 1 amide bonds. The van der Waals surface area contributed by atoms with E-state index in [-0.39, 0.29) is 5.76 Å². The first-order chi connectivity index (χ1) is 12.1. The predicted molar refractivity (Wildman–Crippen MR) is 93.0 cm³/mol. The van der Waals surface area contributed by atoms with Gasteiger partial charge in [-0.2, -0.15) is 0 Å². The number of pyridine rings is 1. The molecule has 0 fully saturated rings. The molecule has 0 aliphatic carbocycles. The Morgan fingerprint density at radius 2 is 2.08 bits per heavy atom. The summed E-state index contributed by atoms with van der Waals surface area (Å²) in [5.74, 6) is -0.462. The van der Waals surface area contributed by atoms with E-state index in [0.717, 1.165) is 5.56 Å². The third-order valence-electron chi connectivity index (χ3n) is 3.65. The lowest BCUT2D eigenvalue weighted by molar-refractivity contribution is 0.0905. The van der Waals surface area contributed by atoms with Gasteiger partial charge in [-0.3, -0.25) is 9.78 Å². The van der Waals surface area contributed by atoms with Crippen molar-refractivity contribution in [3.63, 3.8) is 0 Å². The Hall–Kier alpha value is -2.70. The second-order valence-electron chi connectivity index (χ2n) is 5.50. The fourth-order valence-corrected chi connectivity index (χ4v) is 2.56. The monoisotopic (exact) mass is 357 g/mol. The van der Waals surface area contributed by atoms with Crippen molar-refractivity contribution in [2.75, 3.05) is 0 Å².